The van der Waals surface area contributed by atoms with E-state index < -0.39 is 0 Å². The average molecular weight is 313 g/mol. The molecule has 1 aromatic carbocycles. The maximum atomic E-state index is 11.7. The molecule has 1 aromatic rings. The van der Waals surface area contributed by atoms with Crippen LogP contribution in [0.4, 0.5) is 0 Å². The second kappa shape index (κ2) is 9.40. The number of hydrogen-bond acceptors (Lipinski definition) is 4. The maximum absolute atomic E-state index is 11.7. The largest absolute Gasteiger partial charge is 0.422 e. The van der Waals surface area contributed by atoms with Crippen LogP contribution in [0.1, 0.15) is 52.4 Å². The smallest absolute Gasteiger partial charge is 0.311 e. The number of halogens is 1. The van der Waals surface area contributed by atoms with Crippen molar-refractivity contribution in [3.63, 3.8) is 0 Å². The predicted octanol–water partition coefficient (Wildman–Crippen LogP) is 4.53. The summed E-state index contributed by atoms with van der Waals surface area (Å²) >= 11 is 6.03. The number of hydrogen-bond donors (Lipinski definition) is 0. The summed E-state index contributed by atoms with van der Waals surface area (Å²) in [4.78, 5) is 23.4. The fourth-order valence-electron chi connectivity index (χ4n) is 1.65. The van der Waals surface area contributed by atoms with Crippen LogP contribution in [0.25, 0.3) is 0 Å². The summed E-state index contributed by atoms with van der Waals surface area (Å²) in [6, 6.07) is 4.81. The lowest BCUT2D eigenvalue weighted by Crippen LogP contribution is -2.12. The number of unbranched alkanes of at least 4 members (excludes halogenated alkanes) is 2. The molecule has 0 spiro atoms. The van der Waals surface area contributed by atoms with Gasteiger partial charge in [-0.1, -0.05) is 44.4 Å². The molecule has 0 saturated heterocycles. The molecule has 0 aliphatic rings. The van der Waals surface area contributed by atoms with Crippen LogP contribution in [0, 0.1) is 0 Å². The molecule has 1 rings (SSSR count). The molecule has 0 bridgehead atoms. The fourth-order valence-corrected chi connectivity index (χ4v) is 1.85. The van der Waals surface area contributed by atoms with Gasteiger partial charge in [-0.3, -0.25) is 9.59 Å². The lowest BCUT2D eigenvalue weighted by molar-refractivity contribution is -0.137. The number of carbonyl (C=O) groups is 2. The molecule has 0 saturated carbocycles. The van der Waals surface area contributed by atoms with Gasteiger partial charge in [-0.05, 0) is 25.0 Å². The SMILES string of the molecule is CCCCC(=O)Oc1cccc(Cl)c1OC(=O)CCCC. The topological polar surface area (TPSA) is 52.6 Å². The van der Waals surface area contributed by atoms with Gasteiger partial charge in [-0.25, -0.2) is 0 Å². The summed E-state index contributed by atoms with van der Waals surface area (Å²) in [5.74, 6) is -0.431. The van der Waals surface area contributed by atoms with Crippen LogP contribution in [-0.2, 0) is 9.59 Å². The standard InChI is InChI=1S/C16H21ClO4/c1-3-5-10-14(18)20-13-9-7-8-12(17)16(13)21-15(19)11-6-4-2/h7-9H,3-6,10-11H2,1-2H3. The van der Waals surface area contributed by atoms with E-state index in [2.05, 4.69) is 0 Å². The number of esters is 2. The lowest BCUT2D eigenvalue weighted by atomic mass is 10.2. The van der Waals surface area contributed by atoms with Crippen LogP contribution in [0.3, 0.4) is 0 Å². The second-order valence-electron chi connectivity index (χ2n) is 4.72. The summed E-state index contributed by atoms with van der Waals surface area (Å²) in [6.45, 7) is 3.98. The van der Waals surface area contributed by atoms with E-state index in [1.807, 2.05) is 13.8 Å². The highest BCUT2D eigenvalue weighted by Crippen LogP contribution is 2.35. The van der Waals surface area contributed by atoms with E-state index in [4.69, 9.17) is 21.1 Å². The van der Waals surface area contributed by atoms with Crippen molar-refractivity contribution in [1.82, 2.24) is 0 Å². The number of ether oxygens (including phenoxy) is 2. The van der Waals surface area contributed by atoms with Crippen molar-refractivity contribution in [1.29, 1.82) is 0 Å². The van der Waals surface area contributed by atoms with E-state index in [1.165, 1.54) is 0 Å². The molecule has 0 aromatic heterocycles. The van der Waals surface area contributed by atoms with E-state index in [0.29, 0.717) is 12.8 Å². The minimum atomic E-state index is -0.379. The van der Waals surface area contributed by atoms with Crippen molar-refractivity contribution < 1.29 is 19.1 Å². The van der Waals surface area contributed by atoms with Gasteiger partial charge in [0.25, 0.3) is 0 Å². The maximum Gasteiger partial charge on any atom is 0.311 e. The van der Waals surface area contributed by atoms with E-state index in [0.717, 1.165) is 25.7 Å². The van der Waals surface area contributed by atoms with Crippen molar-refractivity contribution in [2.24, 2.45) is 0 Å². The third-order valence-corrected chi connectivity index (χ3v) is 3.14. The Hall–Kier alpha value is -1.55. The molecule has 0 radical (unpaired) electrons. The molecule has 0 unspecified atom stereocenters. The number of rotatable bonds is 8. The first-order valence-electron chi connectivity index (χ1n) is 7.28. The van der Waals surface area contributed by atoms with E-state index in [9.17, 15) is 9.59 Å². The van der Waals surface area contributed by atoms with Gasteiger partial charge in [-0.15, -0.1) is 0 Å². The van der Waals surface area contributed by atoms with Gasteiger partial charge in [0.15, 0.2) is 11.5 Å². The highest BCUT2D eigenvalue weighted by atomic mass is 35.5. The van der Waals surface area contributed by atoms with Crippen molar-refractivity contribution >= 4 is 23.5 Å². The second-order valence-corrected chi connectivity index (χ2v) is 5.13. The monoisotopic (exact) mass is 312 g/mol. The highest BCUT2D eigenvalue weighted by molar-refractivity contribution is 6.32. The molecule has 21 heavy (non-hydrogen) atoms. The van der Waals surface area contributed by atoms with Crippen molar-refractivity contribution in [2.75, 3.05) is 0 Å². The van der Waals surface area contributed by atoms with Gasteiger partial charge in [0, 0.05) is 12.8 Å². The molecule has 0 aliphatic heterocycles. The van der Waals surface area contributed by atoms with Crippen LogP contribution >= 0.6 is 11.6 Å². The summed E-state index contributed by atoms with van der Waals surface area (Å²) in [6.07, 6.45) is 3.94. The molecule has 0 heterocycles. The Kier molecular flexibility index (Phi) is 7.83. The third kappa shape index (κ3) is 6.17. The molecule has 0 fully saturated rings. The Morgan fingerprint density at radius 3 is 2.14 bits per heavy atom. The van der Waals surface area contributed by atoms with Crippen LogP contribution < -0.4 is 9.47 Å². The average Bonchev–Trinajstić information content (AvgIpc) is 2.46. The minimum absolute atomic E-state index is 0.116. The van der Waals surface area contributed by atoms with Crippen LogP contribution in [0.2, 0.25) is 5.02 Å². The Balaban J connectivity index is 2.77. The van der Waals surface area contributed by atoms with Gasteiger partial charge >= 0.3 is 11.9 Å². The van der Waals surface area contributed by atoms with Gasteiger partial charge in [0.1, 0.15) is 0 Å². The van der Waals surface area contributed by atoms with E-state index >= 15 is 0 Å². The zero-order valence-electron chi connectivity index (χ0n) is 12.5. The first-order chi connectivity index (χ1) is 10.1. The lowest BCUT2D eigenvalue weighted by Gasteiger charge is -2.11. The van der Waals surface area contributed by atoms with E-state index in [1.54, 1.807) is 18.2 Å². The van der Waals surface area contributed by atoms with Crippen molar-refractivity contribution in [3.8, 4) is 11.5 Å². The molecule has 4 nitrogen and oxygen atoms in total. The summed E-state index contributed by atoms with van der Waals surface area (Å²) in [7, 11) is 0. The molecular weight excluding hydrogens is 292 g/mol. The zero-order valence-corrected chi connectivity index (χ0v) is 13.2. The molecular formula is C16H21ClO4. The van der Waals surface area contributed by atoms with Crippen molar-refractivity contribution in [2.45, 2.75) is 52.4 Å². The van der Waals surface area contributed by atoms with Gasteiger partial charge in [0.2, 0.25) is 0 Å². The Morgan fingerprint density at radius 2 is 1.57 bits per heavy atom. The Bertz CT molecular complexity index is 485. The molecule has 0 aliphatic carbocycles. The number of carbonyl (C=O) groups excluding carboxylic acids is 2. The normalized spacial score (nSPS) is 10.2. The Morgan fingerprint density at radius 1 is 1.00 bits per heavy atom. The Labute approximate surface area is 130 Å². The van der Waals surface area contributed by atoms with Crippen LogP contribution in [0.5, 0.6) is 11.5 Å². The first-order valence-corrected chi connectivity index (χ1v) is 7.66. The predicted molar refractivity (Wildman–Crippen MR) is 81.8 cm³/mol. The quantitative estimate of drug-likeness (QED) is 0.522. The summed E-state index contributed by atoms with van der Waals surface area (Å²) in [5.41, 5.74) is 0. The first kappa shape index (κ1) is 17.5. The van der Waals surface area contributed by atoms with Crippen molar-refractivity contribution in [3.05, 3.63) is 23.2 Å². The molecule has 0 amide bonds. The molecule has 0 atom stereocenters. The van der Waals surface area contributed by atoms with Crippen LogP contribution in [0.15, 0.2) is 18.2 Å². The minimum Gasteiger partial charge on any atom is -0.422 e. The van der Waals surface area contributed by atoms with E-state index in [-0.39, 0.29) is 28.5 Å². The summed E-state index contributed by atoms with van der Waals surface area (Å²) < 4.78 is 10.5. The number of para-hydroxylation sites is 1. The molecule has 0 N–H and O–H groups in total. The zero-order chi connectivity index (χ0) is 15.7. The summed E-state index contributed by atoms with van der Waals surface area (Å²) in [5, 5.41) is 0.251. The third-order valence-electron chi connectivity index (χ3n) is 2.84. The molecule has 5 heteroatoms. The highest BCUT2D eigenvalue weighted by Gasteiger charge is 2.16. The van der Waals surface area contributed by atoms with Gasteiger partial charge < -0.3 is 9.47 Å². The van der Waals surface area contributed by atoms with Crippen LogP contribution in [-0.4, -0.2) is 11.9 Å². The molecule has 116 valence electrons. The fraction of sp³-hybridized carbons (Fsp3) is 0.500. The van der Waals surface area contributed by atoms with Gasteiger partial charge in [-0.2, -0.15) is 0 Å². The number of benzene rings is 1. The van der Waals surface area contributed by atoms with Gasteiger partial charge in [0.05, 0.1) is 5.02 Å².